The Morgan fingerprint density at radius 3 is 2.51 bits per heavy atom. The van der Waals surface area contributed by atoms with Crippen LogP contribution in [0.3, 0.4) is 0 Å². The molecule has 0 aromatic carbocycles. The van der Waals surface area contributed by atoms with E-state index in [0.717, 1.165) is 32.1 Å². The number of rotatable bonds is 14. The van der Waals surface area contributed by atoms with Crippen molar-refractivity contribution in [1.29, 1.82) is 0 Å². The number of likely N-dealkylation sites (tertiary alicyclic amines) is 1. The van der Waals surface area contributed by atoms with Gasteiger partial charge in [-0.3, -0.25) is 14.4 Å². The Morgan fingerprint density at radius 2 is 1.91 bits per heavy atom. The number of aliphatic hydroxyl groups is 1. The highest BCUT2D eigenvalue weighted by molar-refractivity contribution is 8.02. The summed E-state index contributed by atoms with van der Waals surface area (Å²) in [4.78, 5) is 47.3. The van der Waals surface area contributed by atoms with Gasteiger partial charge in [0.25, 0.3) is 0 Å². The number of carbonyl (C=O) groups is 3. The lowest BCUT2D eigenvalue weighted by molar-refractivity contribution is -0.145. The molecular weight excluding hydrogens is 462 g/mol. The molecule has 3 fully saturated rings. The summed E-state index contributed by atoms with van der Waals surface area (Å²) in [5.74, 6) is -0.900. The van der Waals surface area contributed by atoms with Crippen molar-refractivity contribution in [3.05, 3.63) is 25.3 Å². The third-order valence-corrected chi connectivity index (χ3v) is 9.72. The van der Waals surface area contributed by atoms with Gasteiger partial charge in [-0.05, 0) is 52.4 Å². The normalized spacial score (nSPS) is 28.9. The van der Waals surface area contributed by atoms with Gasteiger partial charge in [0, 0.05) is 44.1 Å². The molecule has 3 saturated heterocycles. The zero-order chi connectivity index (χ0) is 25.8. The van der Waals surface area contributed by atoms with Crippen LogP contribution in [-0.4, -0.2) is 92.4 Å². The minimum Gasteiger partial charge on any atom is -0.396 e. The SMILES string of the molecule is C=CCN(CCC)C(=O)[C@@H]1[C@@H]2CCC3(S2)C(C(=O)N(CC=C)C(C)C)N(CCCCCO)C(=O)[C@H]13. The van der Waals surface area contributed by atoms with Crippen molar-refractivity contribution in [3.63, 3.8) is 0 Å². The largest absolute Gasteiger partial charge is 0.396 e. The first-order chi connectivity index (χ1) is 16.8. The first kappa shape index (κ1) is 27.8. The summed E-state index contributed by atoms with van der Waals surface area (Å²) in [6, 6.07) is -0.584. The first-order valence-electron chi connectivity index (χ1n) is 13.2. The molecule has 2 unspecified atom stereocenters. The van der Waals surface area contributed by atoms with Crippen LogP contribution in [0, 0.1) is 11.8 Å². The average molecular weight is 506 g/mol. The van der Waals surface area contributed by atoms with Crippen LogP contribution in [0.25, 0.3) is 0 Å². The van der Waals surface area contributed by atoms with Gasteiger partial charge < -0.3 is 19.8 Å². The fourth-order valence-electron chi connectivity index (χ4n) is 6.30. The standard InChI is InChI=1S/C27H43N3O4S/c1-6-14-28(15-7-2)24(32)21-20-12-13-27(35-20)22(21)25(33)30(17-10-9-11-18-31)23(27)26(34)29(16-8-3)19(4)5/h6,8,19-23,31H,1,3,7,9-18H2,2,4-5H3/t20-,21+,22-,23?,27?/m0/s1. The molecule has 196 valence electrons. The fourth-order valence-corrected chi connectivity index (χ4v) is 8.51. The number of nitrogens with zero attached hydrogens (tertiary/aromatic N) is 3. The smallest absolute Gasteiger partial charge is 0.247 e. The molecule has 7 nitrogen and oxygen atoms in total. The van der Waals surface area contributed by atoms with Crippen LogP contribution in [-0.2, 0) is 14.4 Å². The van der Waals surface area contributed by atoms with Gasteiger partial charge in [0.05, 0.1) is 16.6 Å². The molecule has 2 bridgehead atoms. The topological polar surface area (TPSA) is 81.2 Å². The van der Waals surface area contributed by atoms with Gasteiger partial charge in [0.2, 0.25) is 17.7 Å². The third kappa shape index (κ3) is 5.06. The van der Waals surface area contributed by atoms with Gasteiger partial charge in [-0.25, -0.2) is 0 Å². The van der Waals surface area contributed by atoms with E-state index in [1.165, 1.54) is 0 Å². The van der Waals surface area contributed by atoms with Gasteiger partial charge in [0.15, 0.2) is 0 Å². The monoisotopic (exact) mass is 505 g/mol. The molecule has 3 aliphatic rings. The molecule has 1 N–H and O–H groups in total. The van der Waals surface area contributed by atoms with Crippen molar-refractivity contribution >= 4 is 29.5 Å². The minimum atomic E-state index is -0.566. The van der Waals surface area contributed by atoms with Crippen LogP contribution in [0.15, 0.2) is 25.3 Å². The van der Waals surface area contributed by atoms with E-state index in [2.05, 4.69) is 13.2 Å². The Kier molecular flexibility index (Phi) is 9.49. The number of hydrogen-bond acceptors (Lipinski definition) is 5. The van der Waals surface area contributed by atoms with Gasteiger partial charge in [-0.1, -0.05) is 19.1 Å². The quantitative estimate of drug-likeness (QED) is 0.290. The predicted octanol–water partition coefficient (Wildman–Crippen LogP) is 3.09. The summed E-state index contributed by atoms with van der Waals surface area (Å²) in [6.07, 6.45) is 8.15. The fraction of sp³-hybridized carbons (Fsp3) is 0.741. The molecule has 3 amide bonds. The summed E-state index contributed by atoms with van der Waals surface area (Å²) in [5, 5.41) is 9.26. The summed E-state index contributed by atoms with van der Waals surface area (Å²) >= 11 is 1.73. The van der Waals surface area contributed by atoms with E-state index in [1.807, 2.05) is 30.6 Å². The molecule has 8 heteroatoms. The van der Waals surface area contributed by atoms with Crippen LogP contribution in [0.1, 0.15) is 59.3 Å². The number of thioether (sulfide) groups is 1. The lowest BCUT2D eigenvalue weighted by Crippen LogP contribution is -2.56. The summed E-state index contributed by atoms with van der Waals surface area (Å²) in [5.41, 5.74) is 0. The van der Waals surface area contributed by atoms with E-state index in [-0.39, 0.29) is 35.6 Å². The first-order valence-corrected chi connectivity index (χ1v) is 14.1. The van der Waals surface area contributed by atoms with Crippen LogP contribution in [0.5, 0.6) is 0 Å². The maximum atomic E-state index is 14.1. The molecule has 3 rings (SSSR count). The maximum Gasteiger partial charge on any atom is 0.247 e. The van der Waals surface area contributed by atoms with Crippen LogP contribution in [0.4, 0.5) is 0 Å². The zero-order valence-electron chi connectivity index (χ0n) is 21.7. The summed E-state index contributed by atoms with van der Waals surface area (Å²) < 4.78 is -0.559. The Bertz CT molecular complexity index is 818. The van der Waals surface area contributed by atoms with E-state index < -0.39 is 22.6 Å². The molecule has 0 aliphatic carbocycles. The van der Waals surface area contributed by atoms with E-state index in [4.69, 9.17) is 0 Å². The van der Waals surface area contributed by atoms with Gasteiger partial charge in [0.1, 0.15) is 6.04 Å². The number of carbonyl (C=O) groups excluding carboxylic acids is 3. The van der Waals surface area contributed by atoms with Crippen molar-refractivity contribution < 1.29 is 19.5 Å². The average Bonchev–Trinajstić information content (AvgIpc) is 3.46. The highest BCUT2D eigenvalue weighted by Gasteiger charge is 2.74. The Balaban J connectivity index is 1.99. The molecule has 3 heterocycles. The highest BCUT2D eigenvalue weighted by atomic mass is 32.2. The maximum absolute atomic E-state index is 14.1. The predicted molar refractivity (Wildman–Crippen MR) is 141 cm³/mol. The number of aliphatic hydroxyl groups excluding tert-OH is 1. The minimum absolute atomic E-state index is 0.0176. The van der Waals surface area contributed by atoms with Crippen LogP contribution < -0.4 is 0 Å². The summed E-state index contributed by atoms with van der Waals surface area (Å²) in [7, 11) is 0. The zero-order valence-corrected chi connectivity index (χ0v) is 22.5. The van der Waals surface area contributed by atoms with E-state index in [1.54, 1.807) is 28.8 Å². The second-order valence-electron chi connectivity index (χ2n) is 10.3. The second-order valence-corrected chi connectivity index (χ2v) is 11.9. The lowest BCUT2D eigenvalue weighted by Gasteiger charge is -2.38. The highest BCUT2D eigenvalue weighted by Crippen LogP contribution is 2.66. The lowest BCUT2D eigenvalue weighted by atomic mass is 9.70. The number of unbranched alkanes of at least 4 members (excludes halogenated alkanes) is 2. The Hall–Kier alpha value is -1.80. The van der Waals surface area contributed by atoms with Gasteiger partial charge >= 0.3 is 0 Å². The number of fused-ring (bicyclic) bond motifs is 1. The number of amides is 3. The van der Waals surface area contributed by atoms with Crippen LogP contribution >= 0.6 is 11.8 Å². The van der Waals surface area contributed by atoms with E-state index >= 15 is 0 Å². The van der Waals surface area contributed by atoms with Crippen molar-refractivity contribution in [3.8, 4) is 0 Å². The molecule has 35 heavy (non-hydrogen) atoms. The Labute approximate surface area is 215 Å². The van der Waals surface area contributed by atoms with Crippen molar-refractivity contribution in [2.24, 2.45) is 11.8 Å². The van der Waals surface area contributed by atoms with Crippen LogP contribution in [0.2, 0.25) is 0 Å². The Morgan fingerprint density at radius 1 is 1.20 bits per heavy atom. The molecule has 0 saturated carbocycles. The molecule has 0 aromatic heterocycles. The molecule has 1 spiro atoms. The molecular formula is C27H43N3O4S. The van der Waals surface area contributed by atoms with Gasteiger partial charge in [-0.2, -0.15) is 0 Å². The van der Waals surface area contributed by atoms with Gasteiger partial charge in [-0.15, -0.1) is 24.9 Å². The van der Waals surface area contributed by atoms with E-state index in [0.29, 0.717) is 32.6 Å². The van der Waals surface area contributed by atoms with E-state index in [9.17, 15) is 19.5 Å². The molecule has 3 aliphatic heterocycles. The number of hydrogen-bond donors (Lipinski definition) is 1. The van der Waals surface area contributed by atoms with Crippen molar-refractivity contribution in [2.75, 3.05) is 32.8 Å². The molecule has 5 atom stereocenters. The third-order valence-electron chi connectivity index (χ3n) is 7.76. The van der Waals surface area contributed by atoms with Crippen molar-refractivity contribution in [1.82, 2.24) is 14.7 Å². The molecule has 0 radical (unpaired) electrons. The van der Waals surface area contributed by atoms with Crippen molar-refractivity contribution in [2.45, 2.75) is 81.4 Å². The molecule has 0 aromatic rings. The second kappa shape index (κ2) is 12.0. The summed E-state index contributed by atoms with van der Waals surface area (Å²) in [6.45, 7) is 15.8.